The van der Waals surface area contributed by atoms with Gasteiger partial charge >= 0.3 is 11.9 Å². The summed E-state index contributed by atoms with van der Waals surface area (Å²) in [5, 5.41) is 24.0. The average Bonchev–Trinajstić information content (AvgIpc) is 2.68. The first-order chi connectivity index (χ1) is 15.6. The van der Waals surface area contributed by atoms with Gasteiger partial charge in [0, 0.05) is 52.0 Å². The second kappa shape index (κ2) is 16.9. The number of aliphatic carboxylic acids is 2. The SMILES string of the molecule is CC(C)(C)SCC(CC(=O)NCCSSCCNC(=O)C(CSC(C)(C)C)CC(=O)O)C(=O)O. The van der Waals surface area contributed by atoms with E-state index in [1.165, 1.54) is 11.8 Å². The molecule has 0 radical (unpaired) electrons. The van der Waals surface area contributed by atoms with Crippen molar-refractivity contribution < 1.29 is 29.4 Å². The summed E-state index contributed by atoms with van der Waals surface area (Å²) in [5.41, 5.74) is 0. The summed E-state index contributed by atoms with van der Waals surface area (Å²) in [4.78, 5) is 46.9. The number of rotatable bonds is 17. The molecule has 2 amide bonds. The van der Waals surface area contributed by atoms with Gasteiger partial charge in [0.1, 0.15) is 0 Å². The third-order valence-corrected chi connectivity index (χ3v) is 9.36. The van der Waals surface area contributed by atoms with Crippen molar-refractivity contribution in [3.63, 3.8) is 0 Å². The molecule has 0 aromatic rings. The van der Waals surface area contributed by atoms with Gasteiger partial charge in [-0.1, -0.05) is 63.1 Å². The van der Waals surface area contributed by atoms with Crippen molar-refractivity contribution in [2.75, 3.05) is 36.1 Å². The lowest BCUT2D eigenvalue weighted by atomic mass is 10.1. The number of thioether (sulfide) groups is 2. The zero-order valence-electron chi connectivity index (χ0n) is 21.0. The highest BCUT2D eigenvalue weighted by Crippen LogP contribution is 2.27. The van der Waals surface area contributed by atoms with Crippen LogP contribution in [0.25, 0.3) is 0 Å². The van der Waals surface area contributed by atoms with Crippen molar-refractivity contribution in [3.05, 3.63) is 0 Å². The topological polar surface area (TPSA) is 133 Å². The minimum atomic E-state index is -0.982. The minimum Gasteiger partial charge on any atom is -0.481 e. The molecule has 0 rings (SSSR count). The molecule has 2 unspecified atom stereocenters. The quantitative estimate of drug-likeness (QED) is 0.155. The third kappa shape index (κ3) is 19.6. The van der Waals surface area contributed by atoms with Crippen LogP contribution in [0.2, 0.25) is 0 Å². The van der Waals surface area contributed by atoms with Crippen LogP contribution < -0.4 is 10.6 Å². The van der Waals surface area contributed by atoms with Crippen molar-refractivity contribution >= 4 is 68.9 Å². The largest absolute Gasteiger partial charge is 0.481 e. The van der Waals surface area contributed by atoms with Crippen LogP contribution in [-0.2, 0) is 19.2 Å². The Balaban J connectivity index is 4.08. The standard InChI is InChI=1S/C22H40N2O6S4/c1-21(2,3)31-13-15(12-18(26)27)19(28)24-8-10-34-33-9-7-23-17(25)11-16(20(29)30)14-32-22(4,5)6/h15-16H,7-14H2,1-6H3,(H,23,25)(H,24,28)(H,26,27)(H,29,30). The summed E-state index contributed by atoms with van der Waals surface area (Å²) in [5.74, 6) is -1.55. The Morgan fingerprint density at radius 2 is 1.21 bits per heavy atom. The summed E-state index contributed by atoms with van der Waals surface area (Å²) < 4.78 is -0.0983. The number of hydrogen-bond acceptors (Lipinski definition) is 8. The van der Waals surface area contributed by atoms with E-state index >= 15 is 0 Å². The van der Waals surface area contributed by atoms with Crippen LogP contribution in [0.1, 0.15) is 54.4 Å². The van der Waals surface area contributed by atoms with Crippen LogP contribution in [0.5, 0.6) is 0 Å². The molecule has 0 bridgehead atoms. The van der Waals surface area contributed by atoms with Gasteiger partial charge in [0.25, 0.3) is 0 Å². The fourth-order valence-corrected chi connectivity index (χ4v) is 6.11. The van der Waals surface area contributed by atoms with Gasteiger partial charge in [-0.05, 0) is 0 Å². The highest BCUT2D eigenvalue weighted by molar-refractivity contribution is 8.76. The van der Waals surface area contributed by atoms with Crippen LogP contribution in [-0.4, -0.2) is 79.6 Å². The first kappa shape index (κ1) is 33.3. The highest BCUT2D eigenvalue weighted by Gasteiger charge is 2.25. The fourth-order valence-electron chi connectivity index (χ4n) is 2.36. The zero-order valence-corrected chi connectivity index (χ0v) is 24.2. The van der Waals surface area contributed by atoms with Crippen molar-refractivity contribution in [2.24, 2.45) is 11.8 Å². The van der Waals surface area contributed by atoms with Gasteiger partial charge in [-0.15, -0.1) is 0 Å². The van der Waals surface area contributed by atoms with Crippen molar-refractivity contribution in [3.8, 4) is 0 Å². The van der Waals surface area contributed by atoms with Gasteiger partial charge in [-0.3, -0.25) is 19.2 Å². The summed E-state index contributed by atoms with van der Waals surface area (Å²) >= 11 is 3.11. The normalized spacial score (nSPS) is 13.7. The lowest BCUT2D eigenvalue weighted by Crippen LogP contribution is -2.35. The predicted molar refractivity (Wildman–Crippen MR) is 147 cm³/mol. The summed E-state index contributed by atoms with van der Waals surface area (Å²) in [7, 11) is 3.10. The number of carboxylic acid groups (broad SMARTS) is 2. The fraction of sp³-hybridized carbons (Fsp3) is 0.818. The Morgan fingerprint density at radius 3 is 1.65 bits per heavy atom. The van der Waals surface area contributed by atoms with Crippen LogP contribution in [0, 0.1) is 11.8 Å². The lowest BCUT2D eigenvalue weighted by Gasteiger charge is -2.21. The number of carbonyl (C=O) groups is 4. The molecule has 0 saturated carbocycles. The number of hydrogen-bond donors (Lipinski definition) is 4. The van der Waals surface area contributed by atoms with Crippen LogP contribution >= 0.6 is 45.1 Å². The van der Waals surface area contributed by atoms with E-state index in [2.05, 4.69) is 10.6 Å². The Morgan fingerprint density at radius 1 is 0.735 bits per heavy atom. The maximum Gasteiger partial charge on any atom is 0.307 e. The predicted octanol–water partition coefficient (Wildman–Crippen LogP) is 3.85. The summed E-state index contributed by atoms with van der Waals surface area (Å²) in [6, 6.07) is 0. The van der Waals surface area contributed by atoms with E-state index in [1.807, 2.05) is 41.5 Å². The van der Waals surface area contributed by atoms with E-state index in [4.69, 9.17) is 5.11 Å². The molecule has 12 heteroatoms. The van der Waals surface area contributed by atoms with Crippen LogP contribution in [0.4, 0.5) is 0 Å². The molecule has 0 aliphatic heterocycles. The average molecular weight is 557 g/mol. The molecule has 0 saturated heterocycles. The van der Waals surface area contributed by atoms with Crippen molar-refractivity contribution in [2.45, 2.75) is 63.9 Å². The van der Waals surface area contributed by atoms with E-state index < -0.39 is 23.8 Å². The maximum absolute atomic E-state index is 12.3. The molecule has 2 atom stereocenters. The first-order valence-corrected chi connectivity index (χ1v) is 15.6. The molecule has 198 valence electrons. The molecule has 34 heavy (non-hydrogen) atoms. The molecule has 4 N–H and O–H groups in total. The molecule has 0 spiro atoms. The van der Waals surface area contributed by atoms with E-state index in [0.717, 1.165) is 0 Å². The molecule has 0 aliphatic carbocycles. The van der Waals surface area contributed by atoms with Gasteiger partial charge in [0.2, 0.25) is 11.8 Å². The Labute approximate surface area is 220 Å². The second-order valence-electron chi connectivity index (χ2n) is 9.67. The van der Waals surface area contributed by atoms with Gasteiger partial charge in [0.05, 0.1) is 18.3 Å². The van der Waals surface area contributed by atoms with Crippen molar-refractivity contribution in [1.82, 2.24) is 10.6 Å². The number of nitrogens with one attached hydrogen (secondary N) is 2. The molecular formula is C22H40N2O6S4. The Hall–Kier alpha value is -0.720. The summed E-state index contributed by atoms with van der Waals surface area (Å²) in [6.07, 6.45) is -0.221. The molecule has 0 fully saturated rings. The molecule has 0 aliphatic rings. The Kier molecular flexibility index (Phi) is 16.5. The van der Waals surface area contributed by atoms with Gasteiger partial charge in [-0.25, -0.2) is 0 Å². The van der Waals surface area contributed by atoms with E-state index in [-0.39, 0.29) is 34.2 Å². The third-order valence-electron chi connectivity index (χ3n) is 4.08. The van der Waals surface area contributed by atoms with Crippen molar-refractivity contribution in [1.29, 1.82) is 0 Å². The number of amides is 2. The smallest absolute Gasteiger partial charge is 0.307 e. The van der Waals surface area contributed by atoms with Gasteiger partial charge in [-0.2, -0.15) is 23.5 Å². The Bertz CT molecular complexity index is 665. The number of carboxylic acids is 2. The molecule has 0 aromatic heterocycles. The second-order valence-corrected chi connectivity index (χ2v) is 16.1. The molecule has 8 nitrogen and oxygen atoms in total. The molecule has 0 heterocycles. The van der Waals surface area contributed by atoms with Crippen LogP contribution in [0.15, 0.2) is 0 Å². The minimum absolute atomic E-state index is 0.0345. The van der Waals surface area contributed by atoms with E-state index in [1.54, 1.807) is 33.3 Å². The summed E-state index contributed by atoms with van der Waals surface area (Å²) in [6.45, 7) is 13.0. The zero-order chi connectivity index (χ0) is 26.4. The highest BCUT2D eigenvalue weighted by atomic mass is 33.1. The van der Waals surface area contributed by atoms with Gasteiger partial charge in [0.15, 0.2) is 0 Å². The molecular weight excluding hydrogens is 517 g/mol. The first-order valence-electron chi connectivity index (χ1n) is 11.1. The van der Waals surface area contributed by atoms with Crippen LogP contribution in [0.3, 0.4) is 0 Å². The number of carbonyl (C=O) groups excluding carboxylic acids is 2. The maximum atomic E-state index is 12.3. The van der Waals surface area contributed by atoms with E-state index in [9.17, 15) is 24.3 Å². The monoisotopic (exact) mass is 556 g/mol. The van der Waals surface area contributed by atoms with E-state index in [0.29, 0.717) is 36.1 Å². The molecule has 0 aromatic carbocycles. The lowest BCUT2D eigenvalue weighted by molar-refractivity contribution is -0.143. The van der Waals surface area contributed by atoms with Gasteiger partial charge < -0.3 is 20.8 Å².